The summed E-state index contributed by atoms with van der Waals surface area (Å²) in [5, 5.41) is 9.17. The summed E-state index contributed by atoms with van der Waals surface area (Å²) < 4.78 is 0. The molecule has 1 amide bonds. The van der Waals surface area contributed by atoms with Crippen LogP contribution in [-0.4, -0.2) is 35.0 Å². The number of carbonyl (C=O) groups is 2. The first-order chi connectivity index (χ1) is 8.20. The van der Waals surface area contributed by atoms with Crippen molar-refractivity contribution in [1.29, 1.82) is 0 Å². The lowest BCUT2D eigenvalue weighted by molar-refractivity contribution is -0.152. The molecule has 4 nitrogen and oxygen atoms in total. The number of aliphatic carboxylic acids is 1. The molecule has 2 atom stereocenters. The van der Waals surface area contributed by atoms with Crippen molar-refractivity contribution >= 4 is 11.9 Å². The number of hydrogen-bond acceptors (Lipinski definition) is 2. The molecule has 1 aliphatic heterocycles. The lowest BCUT2D eigenvalue weighted by Gasteiger charge is -2.33. The number of carboxylic acids is 1. The van der Waals surface area contributed by atoms with Gasteiger partial charge in [0.2, 0.25) is 5.91 Å². The van der Waals surface area contributed by atoms with Gasteiger partial charge in [-0.05, 0) is 19.3 Å². The van der Waals surface area contributed by atoms with Crippen LogP contribution >= 0.6 is 0 Å². The molecular formula is C13H19NO3. The summed E-state index contributed by atoms with van der Waals surface area (Å²) >= 11 is 0. The Bertz CT molecular complexity index is 338. The maximum absolute atomic E-state index is 12.3. The van der Waals surface area contributed by atoms with Crippen molar-refractivity contribution < 1.29 is 14.7 Å². The molecule has 0 radical (unpaired) electrons. The molecule has 4 heteroatoms. The zero-order valence-electron chi connectivity index (χ0n) is 9.97. The predicted octanol–water partition coefficient (Wildman–Crippen LogP) is 1.67. The SMILES string of the molecule is O=C(O)C1CCCCC1C(=O)N1CC=CCC1. The van der Waals surface area contributed by atoms with E-state index >= 15 is 0 Å². The summed E-state index contributed by atoms with van der Waals surface area (Å²) in [4.78, 5) is 25.3. The molecule has 0 spiro atoms. The van der Waals surface area contributed by atoms with Gasteiger partial charge in [-0.15, -0.1) is 0 Å². The second-order valence-electron chi connectivity index (χ2n) is 4.88. The molecule has 2 unspecified atom stereocenters. The van der Waals surface area contributed by atoms with E-state index in [9.17, 15) is 14.7 Å². The Labute approximate surface area is 101 Å². The van der Waals surface area contributed by atoms with Gasteiger partial charge in [-0.25, -0.2) is 0 Å². The molecule has 17 heavy (non-hydrogen) atoms. The highest BCUT2D eigenvalue weighted by atomic mass is 16.4. The number of amides is 1. The fourth-order valence-electron chi connectivity index (χ4n) is 2.80. The highest BCUT2D eigenvalue weighted by Crippen LogP contribution is 2.32. The standard InChI is InChI=1S/C13H19NO3/c15-12(14-8-4-1-5-9-14)10-6-2-3-7-11(10)13(16)17/h1,4,10-11H,2-3,5-9H2,(H,16,17). The monoisotopic (exact) mass is 237 g/mol. The van der Waals surface area contributed by atoms with Crippen LogP contribution < -0.4 is 0 Å². The molecular weight excluding hydrogens is 218 g/mol. The number of hydrogen-bond donors (Lipinski definition) is 1. The third kappa shape index (κ3) is 2.68. The molecule has 2 aliphatic rings. The molecule has 2 rings (SSSR count). The third-order valence-electron chi connectivity index (χ3n) is 3.77. The van der Waals surface area contributed by atoms with Crippen molar-refractivity contribution in [1.82, 2.24) is 4.90 Å². The summed E-state index contributed by atoms with van der Waals surface area (Å²) in [6.07, 6.45) is 8.23. The minimum absolute atomic E-state index is 0.0430. The second kappa shape index (κ2) is 5.34. The fourth-order valence-corrected chi connectivity index (χ4v) is 2.80. The average molecular weight is 237 g/mol. The number of nitrogens with zero attached hydrogens (tertiary/aromatic N) is 1. The van der Waals surface area contributed by atoms with Gasteiger partial charge in [0.15, 0.2) is 0 Å². The van der Waals surface area contributed by atoms with E-state index in [-0.39, 0.29) is 11.8 Å². The highest BCUT2D eigenvalue weighted by molar-refractivity contribution is 5.85. The Hall–Kier alpha value is -1.32. The van der Waals surface area contributed by atoms with E-state index in [1.54, 1.807) is 4.90 Å². The first kappa shape index (κ1) is 12.1. The molecule has 0 bridgehead atoms. The van der Waals surface area contributed by atoms with E-state index in [0.717, 1.165) is 32.2 Å². The summed E-state index contributed by atoms with van der Waals surface area (Å²) in [6.45, 7) is 1.37. The van der Waals surface area contributed by atoms with E-state index < -0.39 is 11.9 Å². The van der Waals surface area contributed by atoms with Crippen molar-refractivity contribution in [2.45, 2.75) is 32.1 Å². The number of carbonyl (C=O) groups excluding carboxylic acids is 1. The molecule has 0 aromatic heterocycles. The normalized spacial score (nSPS) is 29.1. The van der Waals surface area contributed by atoms with Crippen molar-refractivity contribution in [3.05, 3.63) is 12.2 Å². The Morgan fingerprint density at radius 3 is 2.41 bits per heavy atom. The summed E-state index contributed by atoms with van der Waals surface area (Å²) in [5.74, 6) is -1.54. The van der Waals surface area contributed by atoms with Crippen molar-refractivity contribution in [3.63, 3.8) is 0 Å². The minimum atomic E-state index is -0.810. The van der Waals surface area contributed by atoms with Crippen molar-refractivity contribution in [3.8, 4) is 0 Å². The zero-order valence-corrected chi connectivity index (χ0v) is 9.97. The zero-order chi connectivity index (χ0) is 12.3. The van der Waals surface area contributed by atoms with Gasteiger partial charge in [-0.1, -0.05) is 25.0 Å². The molecule has 0 saturated heterocycles. The minimum Gasteiger partial charge on any atom is -0.481 e. The first-order valence-electron chi connectivity index (χ1n) is 6.36. The van der Waals surface area contributed by atoms with Gasteiger partial charge in [0, 0.05) is 13.1 Å². The van der Waals surface area contributed by atoms with Gasteiger partial charge in [-0.3, -0.25) is 9.59 Å². The third-order valence-corrected chi connectivity index (χ3v) is 3.77. The van der Waals surface area contributed by atoms with Crippen LogP contribution in [0, 0.1) is 11.8 Å². The van der Waals surface area contributed by atoms with E-state index in [4.69, 9.17) is 0 Å². The lowest BCUT2D eigenvalue weighted by atomic mass is 9.78. The van der Waals surface area contributed by atoms with Crippen molar-refractivity contribution in [2.75, 3.05) is 13.1 Å². The van der Waals surface area contributed by atoms with E-state index in [2.05, 4.69) is 6.08 Å². The lowest BCUT2D eigenvalue weighted by Crippen LogP contribution is -2.43. The van der Waals surface area contributed by atoms with Gasteiger partial charge in [0.05, 0.1) is 11.8 Å². The van der Waals surface area contributed by atoms with E-state index in [1.165, 1.54) is 0 Å². The molecule has 1 heterocycles. The Balaban J connectivity index is 2.05. The van der Waals surface area contributed by atoms with E-state index in [0.29, 0.717) is 13.0 Å². The molecule has 1 aliphatic carbocycles. The van der Waals surface area contributed by atoms with Gasteiger partial charge in [0.25, 0.3) is 0 Å². The largest absolute Gasteiger partial charge is 0.481 e. The van der Waals surface area contributed by atoms with Gasteiger partial charge in [0.1, 0.15) is 0 Å². The maximum Gasteiger partial charge on any atom is 0.307 e. The molecule has 0 aromatic carbocycles. The van der Waals surface area contributed by atoms with Crippen LogP contribution in [0.15, 0.2) is 12.2 Å². The van der Waals surface area contributed by atoms with Crippen LogP contribution in [-0.2, 0) is 9.59 Å². The van der Waals surface area contributed by atoms with Crippen molar-refractivity contribution in [2.24, 2.45) is 11.8 Å². The Morgan fingerprint density at radius 1 is 1.12 bits per heavy atom. The highest BCUT2D eigenvalue weighted by Gasteiger charge is 2.37. The maximum atomic E-state index is 12.3. The molecule has 94 valence electrons. The van der Waals surface area contributed by atoms with Crippen LogP contribution in [0.4, 0.5) is 0 Å². The average Bonchev–Trinajstić information content (AvgIpc) is 2.39. The smallest absolute Gasteiger partial charge is 0.307 e. The van der Waals surface area contributed by atoms with Crippen LogP contribution in [0.1, 0.15) is 32.1 Å². The summed E-state index contributed by atoms with van der Waals surface area (Å²) in [6, 6.07) is 0. The first-order valence-corrected chi connectivity index (χ1v) is 6.36. The molecule has 1 saturated carbocycles. The number of carboxylic acid groups (broad SMARTS) is 1. The van der Waals surface area contributed by atoms with Crippen LogP contribution in [0.3, 0.4) is 0 Å². The topological polar surface area (TPSA) is 57.6 Å². The van der Waals surface area contributed by atoms with Gasteiger partial charge in [-0.2, -0.15) is 0 Å². The van der Waals surface area contributed by atoms with Crippen LogP contribution in [0.2, 0.25) is 0 Å². The molecule has 1 N–H and O–H groups in total. The molecule has 1 fully saturated rings. The predicted molar refractivity (Wildman–Crippen MR) is 63.4 cm³/mol. The summed E-state index contributed by atoms with van der Waals surface area (Å²) in [7, 11) is 0. The van der Waals surface area contributed by atoms with Crippen LogP contribution in [0.25, 0.3) is 0 Å². The second-order valence-corrected chi connectivity index (χ2v) is 4.88. The quantitative estimate of drug-likeness (QED) is 0.743. The van der Waals surface area contributed by atoms with Crippen LogP contribution in [0.5, 0.6) is 0 Å². The van der Waals surface area contributed by atoms with E-state index in [1.807, 2.05) is 6.08 Å². The Kier molecular flexibility index (Phi) is 3.82. The molecule has 0 aromatic rings. The summed E-state index contributed by atoms with van der Waals surface area (Å²) in [5.41, 5.74) is 0. The number of rotatable bonds is 2. The fraction of sp³-hybridized carbons (Fsp3) is 0.692. The Morgan fingerprint density at radius 2 is 1.82 bits per heavy atom. The van der Waals surface area contributed by atoms with Gasteiger partial charge < -0.3 is 10.0 Å². The van der Waals surface area contributed by atoms with Gasteiger partial charge >= 0.3 is 5.97 Å².